The summed E-state index contributed by atoms with van der Waals surface area (Å²) in [7, 11) is 0. The summed E-state index contributed by atoms with van der Waals surface area (Å²) in [4.78, 5) is 34.3. The van der Waals surface area contributed by atoms with Gasteiger partial charge in [0.1, 0.15) is 29.3 Å². The van der Waals surface area contributed by atoms with Crippen molar-refractivity contribution in [1.82, 2.24) is 25.1 Å². The summed E-state index contributed by atoms with van der Waals surface area (Å²) in [6, 6.07) is 18.4. The Morgan fingerprint density at radius 3 is 2.36 bits per heavy atom. The number of aromatic nitrogens is 4. The van der Waals surface area contributed by atoms with Gasteiger partial charge in [0.2, 0.25) is 6.79 Å². The van der Waals surface area contributed by atoms with E-state index in [2.05, 4.69) is 35.3 Å². The minimum Gasteiger partial charge on any atom is -0.424 e. The summed E-state index contributed by atoms with van der Waals surface area (Å²) < 4.78 is 47.1. The van der Waals surface area contributed by atoms with E-state index in [0.717, 1.165) is 30.3 Å². The Balaban J connectivity index is 0.00000105. The molecule has 0 bridgehead atoms. The number of nitrogens with one attached hydrogen (secondary N) is 1. The van der Waals surface area contributed by atoms with Crippen LogP contribution >= 0.6 is 11.3 Å². The van der Waals surface area contributed by atoms with Crippen LogP contribution in [0.3, 0.4) is 0 Å². The number of ether oxygens (including phenoxy) is 3. The first-order valence-corrected chi connectivity index (χ1v) is 16.5. The van der Waals surface area contributed by atoms with Crippen molar-refractivity contribution in [3.8, 4) is 17.3 Å². The van der Waals surface area contributed by atoms with E-state index in [-0.39, 0.29) is 17.7 Å². The first-order chi connectivity index (χ1) is 24.1. The molecule has 0 unspecified atom stereocenters. The molecular weight excluding hydrogens is 666 g/mol. The summed E-state index contributed by atoms with van der Waals surface area (Å²) >= 11 is 1.23. The van der Waals surface area contributed by atoms with Crippen molar-refractivity contribution in [3.05, 3.63) is 124 Å². The first kappa shape index (κ1) is 37.3. The van der Waals surface area contributed by atoms with Crippen molar-refractivity contribution < 1.29 is 32.6 Å². The Bertz CT molecular complexity index is 1890. The number of halogens is 2. The predicted molar refractivity (Wildman–Crippen MR) is 182 cm³/mol. The van der Waals surface area contributed by atoms with Crippen LogP contribution in [-0.2, 0) is 26.4 Å². The van der Waals surface area contributed by atoms with E-state index >= 15 is 4.39 Å². The Labute approximate surface area is 292 Å². The van der Waals surface area contributed by atoms with E-state index in [1.807, 2.05) is 6.92 Å². The predicted octanol–water partition coefficient (Wildman–Crippen LogP) is 7.14. The molecule has 5 rings (SSSR count). The Morgan fingerprint density at radius 1 is 1.04 bits per heavy atom. The molecule has 1 N–H and O–H groups in total. The van der Waals surface area contributed by atoms with Crippen molar-refractivity contribution in [2.75, 3.05) is 19.9 Å². The monoisotopic (exact) mass is 702 g/mol. The minimum atomic E-state index is -1.90. The molecule has 0 aliphatic rings. The highest BCUT2D eigenvalue weighted by Crippen LogP contribution is 2.45. The van der Waals surface area contributed by atoms with E-state index in [1.165, 1.54) is 34.7 Å². The molecule has 0 aliphatic heterocycles. The molecule has 5 aromatic rings. The Hall–Kier alpha value is -5.52. The normalized spacial score (nSPS) is 12.4. The summed E-state index contributed by atoms with van der Waals surface area (Å²) in [6.07, 6.45) is 1.32. The lowest BCUT2D eigenvalue weighted by molar-refractivity contribution is -0.0881. The molecule has 2 heterocycles. The molecular formula is C36H36F2N6O5S. The molecule has 0 radical (unpaired) electrons. The Kier molecular flexibility index (Phi) is 13.2. The smallest absolute Gasteiger partial charge is 0.424 e. The molecule has 0 saturated heterocycles. The third-order valence-corrected chi connectivity index (χ3v) is 8.60. The maximum atomic E-state index is 15.6. The van der Waals surface area contributed by atoms with Crippen LogP contribution in [0.25, 0.3) is 11.3 Å². The fourth-order valence-electron chi connectivity index (χ4n) is 4.89. The van der Waals surface area contributed by atoms with Crippen LogP contribution in [-0.4, -0.2) is 51.8 Å². The van der Waals surface area contributed by atoms with E-state index in [4.69, 9.17) is 24.5 Å². The third-order valence-electron chi connectivity index (χ3n) is 7.57. The molecule has 2 aromatic heterocycles. The van der Waals surface area contributed by atoms with Crippen LogP contribution in [0.4, 0.5) is 13.6 Å². The standard InChI is InChI=1S/C32H25F2N5O5S.C4H11N/c1-20-3-7-24(8-4-20)30(40)42-19-43-31(41)44-32(16-39-18-36-17-37-39,26-12-11-25(33)13-27(26)34)21(2)29-38-28(15-45-29)23-9-5-22(14-35)6-10-23;1-3-5-4-2/h3-13,15,17-18,21H,16,19H2,1-2H3;5H,3-4H2,1-2H3/t21-,32+;/m0./s1. The van der Waals surface area contributed by atoms with Crippen LogP contribution in [0.2, 0.25) is 0 Å². The zero-order chi connectivity index (χ0) is 36.1. The number of carbonyl (C=O) groups excluding carboxylic acids is 2. The lowest BCUT2D eigenvalue weighted by Crippen LogP contribution is -2.43. The van der Waals surface area contributed by atoms with Crippen LogP contribution in [0.5, 0.6) is 0 Å². The van der Waals surface area contributed by atoms with Gasteiger partial charge in [-0.05, 0) is 56.4 Å². The second-order valence-corrected chi connectivity index (χ2v) is 11.8. The molecule has 11 nitrogen and oxygen atoms in total. The van der Waals surface area contributed by atoms with Gasteiger partial charge < -0.3 is 19.5 Å². The fraction of sp³-hybridized carbons (Fsp3) is 0.278. The zero-order valence-electron chi connectivity index (χ0n) is 27.9. The molecule has 0 amide bonds. The summed E-state index contributed by atoms with van der Waals surface area (Å²) in [5.41, 5.74) is 0.917. The van der Waals surface area contributed by atoms with Gasteiger partial charge in [-0.15, -0.1) is 11.3 Å². The molecule has 3 aromatic carbocycles. The maximum Gasteiger partial charge on any atom is 0.512 e. The van der Waals surface area contributed by atoms with Crippen molar-refractivity contribution in [2.24, 2.45) is 0 Å². The average Bonchev–Trinajstić information content (AvgIpc) is 3.82. The zero-order valence-corrected chi connectivity index (χ0v) is 28.7. The molecule has 0 fully saturated rings. The van der Waals surface area contributed by atoms with Gasteiger partial charge in [0.05, 0.1) is 35.4 Å². The topological polar surface area (TPSA) is 141 Å². The number of esters is 1. The van der Waals surface area contributed by atoms with Gasteiger partial charge in [-0.3, -0.25) is 0 Å². The van der Waals surface area contributed by atoms with E-state index in [0.29, 0.717) is 22.3 Å². The number of carbonyl (C=O) groups is 2. The Morgan fingerprint density at radius 2 is 1.76 bits per heavy atom. The van der Waals surface area contributed by atoms with Crippen LogP contribution in [0, 0.1) is 29.9 Å². The van der Waals surface area contributed by atoms with Gasteiger partial charge in [0.15, 0.2) is 5.60 Å². The number of benzene rings is 3. The van der Waals surface area contributed by atoms with Crippen molar-refractivity contribution in [3.63, 3.8) is 0 Å². The van der Waals surface area contributed by atoms with Crippen LogP contribution < -0.4 is 5.32 Å². The lowest BCUT2D eigenvalue weighted by atomic mass is 9.81. The number of nitrogens with zero attached hydrogens (tertiary/aromatic N) is 5. The highest BCUT2D eigenvalue weighted by Gasteiger charge is 2.47. The van der Waals surface area contributed by atoms with E-state index in [9.17, 15) is 14.0 Å². The fourth-order valence-corrected chi connectivity index (χ4v) is 5.85. The van der Waals surface area contributed by atoms with E-state index in [1.54, 1.807) is 60.8 Å². The van der Waals surface area contributed by atoms with Gasteiger partial charge in [-0.1, -0.05) is 50.6 Å². The summed E-state index contributed by atoms with van der Waals surface area (Å²) in [5.74, 6) is -3.40. The molecule has 2 atom stereocenters. The molecule has 0 aliphatic carbocycles. The number of rotatable bonds is 12. The number of thiazole rings is 1. The van der Waals surface area contributed by atoms with Crippen LogP contribution in [0.1, 0.15) is 58.7 Å². The van der Waals surface area contributed by atoms with Gasteiger partial charge in [-0.2, -0.15) is 10.4 Å². The molecule has 0 spiro atoms. The highest BCUT2D eigenvalue weighted by atomic mass is 32.1. The highest BCUT2D eigenvalue weighted by molar-refractivity contribution is 7.10. The molecule has 50 heavy (non-hydrogen) atoms. The second-order valence-electron chi connectivity index (χ2n) is 11.0. The molecule has 14 heteroatoms. The number of aryl methyl sites for hydroxylation is 1. The third kappa shape index (κ3) is 9.55. The van der Waals surface area contributed by atoms with Gasteiger partial charge in [0, 0.05) is 22.6 Å². The SMILES string of the molecule is CCNCC.Cc1ccc(C(=O)OCOC(=O)O[C@@](Cn2cncn2)(c2ccc(F)cc2F)[C@@H](C)c2nc(-c3ccc(C#N)cc3)cs2)cc1. The van der Waals surface area contributed by atoms with Crippen molar-refractivity contribution >= 4 is 23.5 Å². The second kappa shape index (κ2) is 17.8. The molecule has 0 saturated carbocycles. The maximum absolute atomic E-state index is 15.6. The number of nitriles is 1. The quantitative estimate of drug-likeness (QED) is 0.105. The van der Waals surface area contributed by atoms with Gasteiger partial charge in [0.25, 0.3) is 0 Å². The molecule has 260 valence electrons. The van der Waals surface area contributed by atoms with Gasteiger partial charge >= 0.3 is 12.1 Å². The average molecular weight is 703 g/mol. The van der Waals surface area contributed by atoms with Gasteiger partial charge in [-0.25, -0.2) is 33.0 Å². The van der Waals surface area contributed by atoms with Crippen molar-refractivity contribution in [2.45, 2.75) is 45.8 Å². The minimum absolute atomic E-state index is 0.171. The largest absolute Gasteiger partial charge is 0.512 e. The number of hydrogen-bond acceptors (Lipinski definition) is 11. The summed E-state index contributed by atoms with van der Waals surface area (Å²) in [5, 5.41) is 18.6. The number of hydrogen-bond donors (Lipinski definition) is 1. The van der Waals surface area contributed by atoms with Crippen LogP contribution in [0.15, 0.2) is 84.8 Å². The van der Waals surface area contributed by atoms with Crippen molar-refractivity contribution in [1.29, 1.82) is 5.26 Å². The lowest BCUT2D eigenvalue weighted by Gasteiger charge is -2.37. The first-order valence-electron chi connectivity index (χ1n) is 15.6. The summed E-state index contributed by atoms with van der Waals surface area (Å²) in [6.45, 7) is 8.88. The van der Waals surface area contributed by atoms with E-state index < -0.39 is 42.1 Å².